The number of methoxy groups -OCH3 is 1. The first-order chi connectivity index (χ1) is 13.3. The summed E-state index contributed by atoms with van der Waals surface area (Å²) in [6.07, 6.45) is 0.572. The van der Waals surface area contributed by atoms with Crippen molar-refractivity contribution in [1.29, 1.82) is 0 Å². The van der Waals surface area contributed by atoms with Crippen LogP contribution in [-0.2, 0) is 4.74 Å². The molecule has 2 atom stereocenters. The minimum Gasteiger partial charge on any atom is -0.467 e. The molecule has 2 aliphatic rings. The van der Waals surface area contributed by atoms with Crippen molar-refractivity contribution in [1.82, 2.24) is 5.32 Å². The summed E-state index contributed by atoms with van der Waals surface area (Å²) in [5, 5.41) is 3.05. The van der Waals surface area contributed by atoms with Crippen molar-refractivity contribution < 1.29 is 19.1 Å². The Kier molecular flexibility index (Phi) is 4.29. The predicted molar refractivity (Wildman–Crippen MR) is 106 cm³/mol. The smallest absolute Gasteiger partial charge is 0.337 e. The summed E-state index contributed by atoms with van der Waals surface area (Å²) in [4.78, 5) is 26.5. The molecule has 1 saturated heterocycles. The van der Waals surface area contributed by atoms with E-state index in [4.69, 9.17) is 9.47 Å². The number of rotatable bonds is 3. The molecule has 2 aromatic carbocycles. The summed E-state index contributed by atoms with van der Waals surface area (Å²) in [5.41, 5.74) is 2.43. The van der Waals surface area contributed by atoms with E-state index in [0.717, 1.165) is 11.3 Å². The van der Waals surface area contributed by atoms with Crippen LogP contribution in [0.25, 0.3) is 0 Å². The van der Waals surface area contributed by atoms with Crippen LogP contribution in [0.5, 0.6) is 5.75 Å². The van der Waals surface area contributed by atoms with Gasteiger partial charge >= 0.3 is 12.0 Å². The molecule has 2 aliphatic heterocycles. The van der Waals surface area contributed by atoms with Gasteiger partial charge in [0.15, 0.2) is 5.72 Å². The summed E-state index contributed by atoms with van der Waals surface area (Å²) < 4.78 is 11.1. The second kappa shape index (κ2) is 6.55. The number of esters is 1. The molecule has 2 aromatic rings. The summed E-state index contributed by atoms with van der Waals surface area (Å²) in [6.45, 7) is 6.20. The number of carbonyl (C=O) groups is 2. The number of anilines is 1. The van der Waals surface area contributed by atoms with Crippen molar-refractivity contribution >= 4 is 17.7 Å². The lowest BCUT2D eigenvalue weighted by molar-refractivity contribution is 0.0377. The Balaban J connectivity index is 1.70. The first-order valence-corrected chi connectivity index (χ1v) is 9.44. The van der Waals surface area contributed by atoms with Crippen molar-refractivity contribution in [3.63, 3.8) is 0 Å². The Morgan fingerprint density at radius 1 is 1.25 bits per heavy atom. The number of amides is 2. The van der Waals surface area contributed by atoms with E-state index >= 15 is 0 Å². The minimum absolute atomic E-state index is 0.217. The highest BCUT2D eigenvalue weighted by atomic mass is 16.5. The van der Waals surface area contributed by atoms with E-state index in [1.54, 1.807) is 23.1 Å². The van der Waals surface area contributed by atoms with E-state index in [1.807, 2.05) is 31.2 Å². The van der Waals surface area contributed by atoms with Crippen LogP contribution in [0.15, 0.2) is 42.5 Å². The van der Waals surface area contributed by atoms with E-state index in [1.165, 1.54) is 12.7 Å². The van der Waals surface area contributed by atoms with Gasteiger partial charge in [-0.2, -0.15) is 0 Å². The summed E-state index contributed by atoms with van der Waals surface area (Å²) in [5.74, 6) is 0.673. The van der Waals surface area contributed by atoms with Gasteiger partial charge in [0.05, 0.1) is 18.7 Å². The molecule has 4 rings (SSSR count). The molecule has 1 fully saturated rings. The van der Waals surface area contributed by atoms with E-state index < -0.39 is 11.7 Å². The van der Waals surface area contributed by atoms with E-state index in [0.29, 0.717) is 23.7 Å². The normalized spacial score (nSPS) is 23.0. The molecule has 0 aliphatic carbocycles. The van der Waals surface area contributed by atoms with Crippen molar-refractivity contribution in [2.45, 2.75) is 44.9 Å². The molecule has 28 heavy (non-hydrogen) atoms. The zero-order valence-corrected chi connectivity index (χ0v) is 16.5. The monoisotopic (exact) mass is 380 g/mol. The van der Waals surface area contributed by atoms with Gasteiger partial charge in [-0.1, -0.05) is 26.0 Å². The second-order valence-corrected chi connectivity index (χ2v) is 7.81. The van der Waals surface area contributed by atoms with Crippen molar-refractivity contribution in [3.05, 3.63) is 59.2 Å². The second-order valence-electron chi connectivity index (χ2n) is 7.81. The zero-order valence-electron chi connectivity index (χ0n) is 16.5. The molecule has 6 heteroatoms. The fraction of sp³-hybridized carbons (Fsp3) is 0.364. The fourth-order valence-corrected chi connectivity index (χ4v) is 4.02. The summed E-state index contributed by atoms with van der Waals surface area (Å²) >= 11 is 0. The molecule has 2 bridgehead atoms. The van der Waals surface area contributed by atoms with Crippen LogP contribution >= 0.6 is 0 Å². The zero-order chi connectivity index (χ0) is 20.1. The number of urea groups is 1. The molecule has 0 saturated carbocycles. The van der Waals surface area contributed by atoms with Crippen molar-refractivity contribution in [2.75, 3.05) is 12.0 Å². The molecule has 6 nitrogen and oxygen atoms in total. The maximum absolute atomic E-state index is 13.0. The molecule has 0 aromatic heterocycles. The first kappa shape index (κ1) is 18.3. The Bertz CT molecular complexity index is 938. The van der Waals surface area contributed by atoms with Crippen LogP contribution < -0.4 is 15.0 Å². The third kappa shape index (κ3) is 2.89. The number of hydrogen-bond donors (Lipinski definition) is 1. The Labute approximate surface area is 164 Å². The lowest BCUT2D eigenvalue weighted by atomic mass is 9.89. The van der Waals surface area contributed by atoms with Gasteiger partial charge in [-0.25, -0.2) is 9.59 Å². The van der Waals surface area contributed by atoms with Gasteiger partial charge in [-0.15, -0.1) is 0 Å². The Morgan fingerprint density at radius 3 is 2.61 bits per heavy atom. The van der Waals surface area contributed by atoms with E-state index in [-0.39, 0.29) is 12.1 Å². The SMILES string of the molecule is COC(=O)c1ccc2c(c1)[C@@H]1C[C@@](C)(O2)N(c2ccc(C(C)C)cc2)C(=O)N1. The molecule has 0 radical (unpaired) electrons. The third-order valence-corrected chi connectivity index (χ3v) is 5.51. The number of hydrogen-bond acceptors (Lipinski definition) is 4. The van der Waals surface area contributed by atoms with Crippen LogP contribution in [0.2, 0.25) is 0 Å². The number of ether oxygens (including phenoxy) is 2. The largest absolute Gasteiger partial charge is 0.467 e. The van der Waals surface area contributed by atoms with Crippen LogP contribution in [0.3, 0.4) is 0 Å². The summed E-state index contributed by atoms with van der Waals surface area (Å²) in [7, 11) is 1.35. The maximum Gasteiger partial charge on any atom is 0.337 e. The van der Waals surface area contributed by atoms with Gasteiger partial charge in [0.25, 0.3) is 0 Å². The molecule has 2 heterocycles. The fourth-order valence-electron chi connectivity index (χ4n) is 4.02. The Hall–Kier alpha value is -3.02. The molecular formula is C22H24N2O4. The quantitative estimate of drug-likeness (QED) is 0.803. The van der Waals surface area contributed by atoms with Gasteiger partial charge in [0, 0.05) is 17.7 Å². The molecule has 2 amide bonds. The highest BCUT2D eigenvalue weighted by Gasteiger charge is 2.50. The third-order valence-electron chi connectivity index (χ3n) is 5.51. The minimum atomic E-state index is -0.813. The molecule has 146 valence electrons. The number of nitrogens with one attached hydrogen (secondary N) is 1. The van der Waals surface area contributed by atoms with Gasteiger partial charge in [0.2, 0.25) is 0 Å². The topological polar surface area (TPSA) is 67.9 Å². The van der Waals surface area contributed by atoms with Gasteiger partial charge in [0.1, 0.15) is 5.75 Å². The molecule has 0 spiro atoms. The van der Waals surface area contributed by atoms with Crippen LogP contribution in [0.1, 0.15) is 60.6 Å². The van der Waals surface area contributed by atoms with Gasteiger partial charge in [-0.3, -0.25) is 4.90 Å². The average molecular weight is 380 g/mol. The average Bonchev–Trinajstić information content (AvgIpc) is 2.66. The van der Waals surface area contributed by atoms with Crippen LogP contribution in [-0.4, -0.2) is 24.8 Å². The number of fused-ring (bicyclic) bond motifs is 4. The number of benzene rings is 2. The molecular weight excluding hydrogens is 356 g/mol. The number of carbonyl (C=O) groups excluding carboxylic acids is 2. The first-order valence-electron chi connectivity index (χ1n) is 9.44. The number of nitrogens with zero attached hydrogens (tertiary/aromatic N) is 1. The van der Waals surface area contributed by atoms with Crippen molar-refractivity contribution in [2.24, 2.45) is 0 Å². The molecule has 0 unspecified atom stereocenters. The van der Waals surface area contributed by atoms with Crippen LogP contribution in [0.4, 0.5) is 10.5 Å². The molecule has 1 N–H and O–H groups in total. The predicted octanol–water partition coefficient (Wildman–Crippen LogP) is 4.37. The van der Waals surface area contributed by atoms with E-state index in [9.17, 15) is 9.59 Å². The highest BCUT2D eigenvalue weighted by Crippen LogP contribution is 2.45. The summed E-state index contributed by atoms with van der Waals surface area (Å²) in [6, 6.07) is 12.7. The maximum atomic E-state index is 13.0. The Morgan fingerprint density at radius 2 is 1.96 bits per heavy atom. The van der Waals surface area contributed by atoms with Crippen molar-refractivity contribution in [3.8, 4) is 5.75 Å². The van der Waals surface area contributed by atoms with E-state index in [2.05, 4.69) is 19.2 Å². The highest BCUT2D eigenvalue weighted by molar-refractivity contribution is 5.95. The lowest BCUT2D eigenvalue weighted by Crippen LogP contribution is -2.65. The lowest BCUT2D eigenvalue weighted by Gasteiger charge is -2.50. The van der Waals surface area contributed by atoms with Gasteiger partial charge < -0.3 is 14.8 Å². The van der Waals surface area contributed by atoms with Gasteiger partial charge in [-0.05, 0) is 48.7 Å². The standard InChI is InChI=1S/C22H24N2O4/c1-13(2)14-5-8-16(9-6-14)24-21(26)23-18-12-22(24,3)28-19-10-7-15(11-17(18)19)20(25)27-4/h5-11,13,18H,12H2,1-4H3,(H,23,26)/t18-,22+/m0/s1. The van der Waals surface area contributed by atoms with Crippen LogP contribution in [0, 0.1) is 0 Å².